The van der Waals surface area contributed by atoms with Gasteiger partial charge < -0.3 is 15.3 Å². The molecule has 0 aliphatic heterocycles. The van der Waals surface area contributed by atoms with Gasteiger partial charge in [0.05, 0.1) is 11.6 Å². The quantitative estimate of drug-likeness (QED) is 0.264. The topological polar surface area (TPSA) is 75.9 Å². The van der Waals surface area contributed by atoms with E-state index in [9.17, 15) is 0 Å². The predicted octanol–water partition coefficient (Wildman–Crippen LogP) is 1.17. The second-order valence-corrected chi connectivity index (χ2v) is 3.30. The molecule has 0 fully saturated rings. The van der Waals surface area contributed by atoms with Gasteiger partial charge in [0.1, 0.15) is 5.65 Å². The van der Waals surface area contributed by atoms with Crippen LogP contribution in [0.2, 0.25) is 0 Å². The smallest absolute Gasteiger partial charge is 0.170 e. The minimum atomic E-state index is 0.0629. The van der Waals surface area contributed by atoms with Crippen LogP contribution >= 0.6 is 11.6 Å². The van der Waals surface area contributed by atoms with E-state index in [2.05, 4.69) is 10.1 Å². The van der Waals surface area contributed by atoms with Crippen molar-refractivity contribution in [1.82, 2.24) is 9.38 Å². The van der Waals surface area contributed by atoms with Gasteiger partial charge >= 0.3 is 0 Å². The van der Waals surface area contributed by atoms with E-state index in [1.807, 2.05) is 10.6 Å². The largest absolute Gasteiger partial charge is 0.409 e. The third-order valence-corrected chi connectivity index (χ3v) is 2.32. The zero-order chi connectivity index (χ0) is 10.8. The molecule has 0 aromatic carbocycles. The fourth-order valence-corrected chi connectivity index (χ4v) is 1.44. The molecule has 5 nitrogen and oxygen atoms in total. The monoisotopic (exact) mass is 224 g/mol. The minimum absolute atomic E-state index is 0.0629. The van der Waals surface area contributed by atoms with Crippen LogP contribution in [-0.4, -0.2) is 20.4 Å². The second-order valence-electron chi connectivity index (χ2n) is 3.03. The molecule has 78 valence electrons. The van der Waals surface area contributed by atoms with Crippen LogP contribution in [0.4, 0.5) is 0 Å². The van der Waals surface area contributed by atoms with Crippen LogP contribution in [0.25, 0.3) is 5.65 Å². The molecule has 2 rings (SSSR count). The summed E-state index contributed by atoms with van der Waals surface area (Å²) < 4.78 is 1.83. The lowest BCUT2D eigenvalue weighted by atomic mass is 10.2. The fraction of sp³-hybridized carbons (Fsp3) is 0.111. The molecule has 2 aromatic rings. The van der Waals surface area contributed by atoms with Gasteiger partial charge in [-0.2, -0.15) is 0 Å². The third-order valence-electron chi connectivity index (χ3n) is 2.05. The number of alkyl halides is 1. The van der Waals surface area contributed by atoms with Gasteiger partial charge in [-0.05, 0) is 12.1 Å². The molecule has 0 amide bonds. The maximum atomic E-state index is 8.53. The van der Waals surface area contributed by atoms with Crippen molar-refractivity contribution in [2.24, 2.45) is 10.9 Å². The molecule has 0 aliphatic rings. The number of fused-ring (bicyclic) bond motifs is 1. The molecule has 0 atom stereocenters. The minimum Gasteiger partial charge on any atom is -0.409 e. The molecule has 0 spiro atoms. The predicted molar refractivity (Wildman–Crippen MR) is 57.3 cm³/mol. The molecule has 0 unspecified atom stereocenters. The number of aromatic nitrogens is 2. The summed E-state index contributed by atoms with van der Waals surface area (Å²) >= 11 is 5.66. The van der Waals surface area contributed by atoms with Gasteiger partial charge in [-0.15, -0.1) is 11.6 Å². The van der Waals surface area contributed by atoms with E-state index in [1.165, 1.54) is 0 Å². The zero-order valence-corrected chi connectivity index (χ0v) is 8.52. The number of nitrogens with two attached hydrogens (primary N) is 1. The van der Waals surface area contributed by atoms with Crippen LogP contribution in [0, 0.1) is 0 Å². The first-order valence-corrected chi connectivity index (χ1v) is 4.79. The normalized spacial score (nSPS) is 12.2. The van der Waals surface area contributed by atoms with Crippen LogP contribution in [0.3, 0.4) is 0 Å². The van der Waals surface area contributed by atoms with Crippen LogP contribution in [0.15, 0.2) is 29.7 Å². The molecule has 15 heavy (non-hydrogen) atoms. The van der Waals surface area contributed by atoms with Gasteiger partial charge in [-0.1, -0.05) is 5.16 Å². The molecule has 0 aliphatic carbocycles. The molecular formula is C9H9ClN4O. The molecule has 2 aromatic heterocycles. The van der Waals surface area contributed by atoms with Crippen molar-refractivity contribution in [2.75, 3.05) is 0 Å². The maximum Gasteiger partial charge on any atom is 0.170 e. The van der Waals surface area contributed by atoms with Crippen LogP contribution in [0.5, 0.6) is 0 Å². The van der Waals surface area contributed by atoms with Crippen molar-refractivity contribution in [3.8, 4) is 0 Å². The SMILES string of the molecule is N/C(=N\O)c1ccn2cc(CCl)nc2c1. The Labute approximate surface area is 90.8 Å². The van der Waals surface area contributed by atoms with E-state index in [4.69, 9.17) is 22.5 Å². The lowest BCUT2D eigenvalue weighted by molar-refractivity contribution is 0.318. The average Bonchev–Trinajstić information content (AvgIpc) is 2.69. The number of oxime groups is 1. The lowest BCUT2D eigenvalue weighted by Gasteiger charge is -1.98. The summed E-state index contributed by atoms with van der Waals surface area (Å²) in [6.07, 6.45) is 3.62. The second kappa shape index (κ2) is 3.78. The lowest BCUT2D eigenvalue weighted by Crippen LogP contribution is -2.13. The number of halogens is 1. The van der Waals surface area contributed by atoms with Gasteiger partial charge in [0.25, 0.3) is 0 Å². The van der Waals surface area contributed by atoms with Crippen LogP contribution in [-0.2, 0) is 5.88 Å². The highest BCUT2D eigenvalue weighted by molar-refractivity contribution is 6.16. The van der Waals surface area contributed by atoms with Gasteiger partial charge in [0.15, 0.2) is 5.84 Å². The molecule has 2 heterocycles. The summed E-state index contributed by atoms with van der Waals surface area (Å²) in [6.45, 7) is 0. The van der Waals surface area contributed by atoms with Crippen molar-refractivity contribution in [3.05, 3.63) is 35.8 Å². The van der Waals surface area contributed by atoms with E-state index in [-0.39, 0.29) is 5.84 Å². The van der Waals surface area contributed by atoms with Gasteiger partial charge in [0.2, 0.25) is 0 Å². The number of imidazole rings is 1. The Kier molecular flexibility index (Phi) is 2.47. The van der Waals surface area contributed by atoms with Crippen molar-refractivity contribution in [1.29, 1.82) is 0 Å². The summed E-state index contributed by atoms with van der Waals surface area (Å²) in [5.74, 6) is 0.425. The van der Waals surface area contributed by atoms with E-state index in [0.717, 1.165) is 11.3 Å². The highest BCUT2D eigenvalue weighted by Crippen LogP contribution is 2.09. The number of rotatable bonds is 2. The fourth-order valence-electron chi connectivity index (χ4n) is 1.32. The molecule has 0 bridgehead atoms. The average molecular weight is 225 g/mol. The van der Waals surface area contributed by atoms with Gasteiger partial charge in [-0.3, -0.25) is 0 Å². The Morgan fingerprint density at radius 3 is 3.13 bits per heavy atom. The van der Waals surface area contributed by atoms with E-state index >= 15 is 0 Å². The number of pyridine rings is 1. The molecule has 3 N–H and O–H groups in total. The Morgan fingerprint density at radius 1 is 1.67 bits per heavy atom. The first-order chi connectivity index (χ1) is 7.24. The van der Waals surface area contributed by atoms with Crippen molar-refractivity contribution < 1.29 is 5.21 Å². The van der Waals surface area contributed by atoms with E-state index in [0.29, 0.717) is 11.4 Å². The molecule has 0 saturated heterocycles. The Morgan fingerprint density at radius 2 is 2.47 bits per heavy atom. The summed E-state index contributed by atoms with van der Waals surface area (Å²) in [7, 11) is 0. The Balaban J connectivity index is 2.55. The third kappa shape index (κ3) is 1.73. The molecular weight excluding hydrogens is 216 g/mol. The molecule has 0 radical (unpaired) electrons. The van der Waals surface area contributed by atoms with Crippen molar-refractivity contribution >= 4 is 23.1 Å². The number of hydrogen-bond acceptors (Lipinski definition) is 3. The highest BCUT2D eigenvalue weighted by Gasteiger charge is 2.04. The standard InChI is InChI=1S/C9H9ClN4O/c10-4-7-5-14-2-1-6(9(11)13-15)3-8(14)12-7/h1-3,5,15H,4H2,(H2,11,13). The van der Waals surface area contributed by atoms with E-state index < -0.39 is 0 Å². The van der Waals surface area contributed by atoms with Crippen molar-refractivity contribution in [3.63, 3.8) is 0 Å². The first kappa shape index (κ1) is 9.79. The summed E-state index contributed by atoms with van der Waals surface area (Å²) in [6, 6.07) is 3.47. The Hall–Kier alpha value is -1.75. The maximum absolute atomic E-state index is 8.53. The number of nitrogens with zero attached hydrogens (tertiary/aromatic N) is 3. The molecule has 6 heteroatoms. The summed E-state index contributed by atoms with van der Waals surface area (Å²) in [5.41, 5.74) is 7.59. The van der Waals surface area contributed by atoms with Crippen LogP contribution < -0.4 is 5.73 Å². The number of amidine groups is 1. The van der Waals surface area contributed by atoms with Gasteiger partial charge in [-0.25, -0.2) is 4.98 Å². The van der Waals surface area contributed by atoms with E-state index in [1.54, 1.807) is 18.3 Å². The first-order valence-electron chi connectivity index (χ1n) is 4.26. The van der Waals surface area contributed by atoms with Crippen molar-refractivity contribution in [2.45, 2.75) is 5.88 Å². The van der Waals surface area contributed by atoms with Crippen LogP contribution in [0.1, 0.15) is 11.3 Å². The number of hydrogen-bond donors (Lipinski definition) is 2. The highest BCUT2D eigenvalue weighted by atomic mass is 35.5. The zero-order valence-electron chi connectivity index (χ0n) is 7.76. The molecule has 0 saturated carbocycles. The van der Waals surface area contributed by atoms with Gasteiger partial charge in [0, 0.05) is 18.0 Å². The summed E-state index contributed by atoms with van der Waals surface area (Å²) in [4.78, 5) is 4.25. The summed E-state index contributed by atoms with van der Waals surface area (Å²) in [5, 5.41) is 11.5. The Bertz CT molecular complexity index is 520.